The van der Waals surface area contributed by atoms with Gasteiger partial charge in [-0.15, -0.1) is 0 Å². The van der Waals surface area contributed by atoms with Crippen molar-refractivity contribution in [3.63, 3.8) is 0 Å². The molecule has 0 bridgehead atoms. The molecule has 0 aromatic heterocycles. The maximum absolute atomic E-state index is 11.4. The Morgan fingerprint density at radius 3 is 1.57 bits per heavy atom. The van der Waals surface area contributed by atoms with E-state index >= 15 is 0 Å². The van der Waals surface area contributed by atoms with Crippen LogP contribution in [0.1, 0.15) is 41.5 Å². The molecule has 82 valence electrons. The number of ether oxygens (including phenoxy) is 2. The van der Waals surface area contributed by atoms with Crippen LogP contribution in [-0.2, 0) is 14.3 Å². The van der Waals surface area contributed by atoms with Crippen LogP contribution in [0.25, 0.3) is 0 Å². The van der Waals surface area contributed by atoms with Gasteiger partial charge in [-0.25, -0.2) is 4.79 Å². The normalized spacial score (nSPS) is 12.1. The summed E-state index contributed by atoms with van der Waals surface area (Å²) in [6, 6.07) is 0. The molecule has 0 N–H and O–H groups in total. The monoisotopic (exact) mass is 200 g/mol. The van der Waals surface area contributed by atoms with Crippen molar-refractivity contribution in [2.24, 2.45) is 0 Å². The molecule has 0 amide bonds. The maximum atomic E-state index is 11.4. The van der Waals surface area contributed by atoms with E-state index in [4.69, 9.17) is 9.47 Å². The summed E-state index contributed by atoms with van der Waals surface area (Å²) in [4.78, 5) is 11.4. The van der Waals surface area contributed by atoms with Crippen LogP contribution >= 0.6 is 0 Å². The molecule has 0 spiro atoms. The maximum Gasteiger partial charge on any atom is 0.373 e. The lowest BCUT2D eigenvalue weighted by Crippen LogP contribution is -2.28. The molecule has 0 fully saturated rings. The number of carbonyl (C=O) groups excluding carboxylic acids is 1. The molecule has 14 heavy (non-hydrogen) atoms. The van der Waals surface area contributed by atoms with Gasteiger partial charge in [-0.3, -0.25) is 0 Å². The van der Waals surface area contributed by atoms with E-state index < -0.39 is 17.2 Å². The summed E-state index contributed by atoms with van der Waals surface area (Å²) < 4.78 is 10.4. The van der Waals surface area contributed by atoms with E-state index in [9.17, 15) is 4.79 Å². The van der Waals surface area contributed by atoms with Gasteiger partial charge in [0.15, 0.2) is 5.76 Å². The first-order valence-electron chi connectivity index (χ1n) is 4.62. The lowest BCUT2D eigenvalue weighted by atomic mass is 10.2. The fourth-order valence-electron chi connectivity index (χ4n) is 0.746. The molecule has 0 aromatic rings. The van der Waals surface area contributed by atoms with Crippen molar-refractivity contribution in [1.82, 2.24) is 0 Å². The first kappa shape index (κ1) is 13.0. The standard InChI is InChI=1S/C11H20O3/c1-8(13-10(2,3)4)9(12)14-11(5,6)7/h1H2,2-7H3. The SMILES string of the molecule is C=C(OC(C)(C)C)C(=O)OC(C)(C)C. The number of hydrogen-bond donors (Lipinski definition) is 0. The van der Waals surface area contributed by atoms with E-state index in [0.29, 0.717) is 0 Å². The van der Waals surface area contributed by atoms with Gasteiger partial charge >= 0.3 is 5.97 Å². The third kappa shape index (κ3) is 6.52. The van der Waals surface area contributed by atoms with Gasteiger partial charge in [-0.05, 0) is 48.1 Å². The van der Waals surface area contributed by atoms with Crippen molar-refractivity contribution in [3.8, 4) is 0 Å². The second kappa shape index (κ2) is 4.03. The molecule has 0 saturated heterocycles. The quantitative estimate of drug-likeness (QED) is 0.390. The zero-order chi connectivity index (χ0) is 11.6. The Morgan fingerprint density at radius 2 is 1.29 bits per heavy atom. The lowest BCUT2D eigenvalue weighted by Gasteiger charge is -2.25. The molecule has 0 aliphatic rings. The number of esters is 1. The average Bonchev–Trinajstić information content (AvgIpc) is 1.78. The van der Waals surface area contributed by atoms with E-state index in [1.54, 1.807) is 20.8 Å². The van der Waals surface area contributed by atoms with Crippen LogP contribution in [0.2, 0.25) is 0 Å². The van der Waals surface area contributed by atoms with E-state index in [1.807, 2.05) is 20.8 Å². The van der Waals surface area contributed by atoms with Crippen LogP contribution < -0.4 is 0 Å². The van der Waals surface area contributed by atoms with Gasteiger partial charge < -0.3 is 9.47 Å². The lowest BCUT2D eigenvalue weighted by molar-refractivity contribution is -0.156. The summed E-state index contributed by atoms with van der Waals surface area (Å²) >= 11 is 0. The van der Waals surface area contributed by atoms with Crippen molar-refractivity contribution < 1.29 is 14.3 Å². The number of hydrogen-bond acceptors (Lipinski definition) is 3. The first-order chi connectivity index (χ1) is 6.01. The number of rotatable bonds is 2. The molecule has 3 heteroatoms. The van der Waals surface area contributed by atoms with Crippen LogP contribution in [0.15, 0.2) is 12.3 Å². The van der Waals surface area contributed by atoms with Gasteiger partial charge in [0.2, 0.25) is 0 Å². The minimum Gasteiger partial charge on any atom is -0.481 e. The Bertz CT molecular complexity index is 202. The first-order valence-corrected chi connectivity index (χ1v) is 4.62. The van der Waals surface area contributed by atoms with Gasteiger partial charge in [-0.1, -0.05) is 0 Å². The van der Waals surface area contributed by atoms with E-state index in [2.05, 4.69) is 6.58 Å². The van der Waals surface area contributed by atoms with Crippen LogP contribution in [0.5, 0.6) is 0 Å². The Labute approximate surface area is 86.1 Å². The molecular formula is C11H20O3. The summed E-state index contributed by atoms with van der Waals surface area (Å²) in [5.74, 6) is -0.458. The van der Waals surface area contributed by atoms with Crippen molar-refractivity contribution in [2.75, 3.05) is 0 Å². The summed E-state index contributed by atoms with van der Waals surface area (Å²) in [6.45, 7) is 14.5. The predicted molar refractivity (Wildman–Crippen MR) is 55.8 cm³/mol. The largest absolute Gasteiger partial charge is 0.481 e. The average molecular weight is 200 g/mol. The Hall–Kier alpha value is -0.990. The Kier molecular flexibility index (Phi) is 3.74. The van der Waals surface area contributed by atoms with Gasteiger partial charge in [0.1, 0.15) is 11.2 Å². The predicted octanol–water partition coefficient (Wildman–Crippen LogP) is 2.66. The highest BCUT2D eigenvalue weighted by atomic mass is 16.6. The summed E-state index contributed by atoms with van der Waals surface area (Å²) in [6.07, 6.45) is 0. The third-order valence-corrected chi connectivity index (χ3v) is 1.06. The molecule has 0 radical (unpaired) electrons. The summed E-state index contributed by atoms with van der Waals surface area (Å²) in [7, 11) is 0. The Morgan fingerprint density at radius 1 is 0.929 bits per heavy atom. The minimum absolute atomic E-state index is 0.0485. The van der Waals surface area contributed by atoms with Crippen molar-refractivity contribution in [2.45, 2.75) is 52.7 Å². The molecule has 3 nitrogen and oxygen atoms in total. The van der Waals surface area contributed by atoms with Crippen LogP contribution in [0, 0.1) is 0 Å². The van der Waals surface area contributed by atoms with Crippen LogP contribution in [-0.4, -0.2) is 17.2 Å². The van der Waals surface area contributed by atoms with Gasteiger partial charge in [0.25, 0.3) is 0 Å². The fraction of sp³-hybridized carbons (Fsp3) is 0.727. The molecule has 0 rings (SSSR count). The van der Waals surface area contributed by atoms with Gasteiger partial charge in [0.05, 0.1) is 0 Å². The minimum atomic E-state index is -0.513. The van der Waals surface area contributed by atoms with E-state index in [-0.39, 0.29) is 5.76 Å². The highest BCUT2D eigenvalue weighted by Gasteiger charge is 2.23. The highest BCUT2D eigenvalue weighted by molar-refractivity contribution is 5.85. The van der Waals surface area contributed by atoms with Crippen LogP contribution in [0.4, 0.5) is 0 Å². The van der Waals surface area contributed by atoms with Gasteiger partial charge in [0, 0.05) is 0 Å². The highest BCUT2D eigenvalue weighted by Crippen LogP contribution is 2.16. The molecular weight excluding hydrogens is 180 g/mol. The second-order valence-corrected chi connectivity index (χ2v) is 5.14. The Balaban J connectivity index is 4.22. The van der Waals surface area contributed by atoms with Gasteiger partial charge in [-0.2, -0.15) is 0 Å². The summed E-state index contributed by atoms with van der Waals surface area (Å²) in [5.41, 5.74) is -0.935. The smallest absolute Gasteiger partial charge is 0.373 e. The van der Waals surface area contributed by atoms with Crippen molar-refractivity contribution in [1.29, 1.82) is 0 Å². The van der Waals surface area contributed by atoms with E-state index in [0.717, 1.165) is 0 Å². The molecule has 0 saturated carbocycles. The fourth-order valence-corrected chi connectivity index (χ4v) is 0.746. The molecule has 0 unspecified atom stereocenters. The van der Waals surface area contributed by atoms with E-state index in [1.165, 1.54) is 0 Å². The molecule has 0 aromatic carbocycles. The molecule has 0 atom stereocenters. The third-order valence-electron chi connectivity index (χ3n) is 1.06. The van der Waals surface area contributed by atoms with Crippen molar-refractivity contribution in [3.05, 3.63) is 12.3 Å². The van der Waals surface area contributed by atoms with Crippen molar-refractivity contribution >= 4 is 5.97 Å². The molecule has 0 aliphatic heterocycles. The van der Waals surface area contributed by atoms with Crippen LogP contribution in [0.3, 0.4) is 0 Å². The zero-order valence-corrected chi connectivity index (χ0v) is 9.93. The summed E-state index contributed by atoms with van der Waals surface area (Å²) in [5, 5.41) is 0. The zero-order valence-electron chi connectivity index (χ0n) is 9.93. The topological polar surface area (TPSA) is 35.5 Å². The second-order valence-electron chi connectivity index (χ2n) is 5.14. The molecule has 0 heterocycles. The molecule has 0 aliphatic carbocycles. The number of carbonyl (C=O) groups is 1.